The van der Waals surface area contributed by atoms with Gasteiger partial charge in [0.05, 0.1) is 0 Å². The highest BCUT2D eigenvalue weighted by atomic mass is 14.2. The van der Waals surface area contributed by atoms with E-state index in [-0.39, 0.29) is 0 Å². The van der Waals surface area contributed by atoms with E-state index in [2.05, 4.69) is 27.0 Å². The topological polar surface area (TPSA) is 0 Å². The Hall–Kier alpha value is -0.780. The first-order valence-corrected chi connectivity index (χ1v) is 4.16. The van der Waals surface area contributed by atoms with Gasteiger partial charge < -0.3 is 0 Å². The first-order valence-electron chi connectivity index (χ1n) is 4.16. The normalized spacial score (nSPS) is 17.3. The van der Waals surface area contributed by atoms with Crippen molar-refractivity contribution >= 4 is 0 Å². The first-order chi connectivity index (χ1) is 5.13. The summed E-state index contributed by atoms with van der Waals surface area (Å²) >= 11 is 0. The van der Waals surface area contributed by atoms with Gasteiger partial charge in [-0.05, 0) is 44.3 Å². The third-order valence-electron chi connectivity index (χ3n) is 2.25. The molecule has 0 aromatic heterocycles. The molecule has 1 aliphatic carbocycles. The summed E-state index contributed by atoms with van der Waals surface area (Å²) in [5.74, 6) is 0. The number of hydrogen-bond acceptors (Lipinski definition) is 0. The summed E-state index contributed by atoms with van der Waals surface area (Å²) in [6, 6.07) is 0. The molecule has 0 bridgehead atoms. The highest BCUT2D eigenvalue weighted by Gasteiger charge is 2.14. The van der Waals surface area contributed by atoms with E-state index in [1.165, 1.54) is 41.6 Å². The lowest BCUT2D eigenvalue weighted by atomic mass is 10.0. The van der Waals surface area contributed by atoms with Gasteiger partial charge in [-0.25, -0.2) is 0 Å². The molecule has 60 valence electrons. The van der Waals surface area contributed by atoms with Crippen LogP contribution in [0.15, 0.2) is 35.5 Å². The second-order valence-corrected chi connectivity index (χ2v) is 3.37. The average molecular weight is 148 g/mol. The van der Waals surface area contributed by atoms with Crippen molar-refractivity contribution in [1.82, 2.24) is 0 Å². The Morgan fingerprint density at radius 1 is 1.00 bits per heavy atom. The second-order valence-electron chi connectivity index (χ2n) is 3.37. The molecule has 0 unspecified atom stereocenters. The molecule has 0 nitrogen and oxygen atoms in total. The molecule has 0 amide bonds. The second kappa shape index (κ2) is 3.08. The van der Waals surface area contributed by atoms with Crippen molar-refractivity contribution < 1.29 is 0 Å². The molecule has 11 heavy (non-hydrogen) atoms. The molecule has 0 atom stereocenters. The summed E-state index contributed by atoms with van der Waals surface area (Å²) < 4.78 is 0. The highest BCUT2D eigenvalue weighted by molar-refractivity contribution is 5.43. The van der Waals surface area contributed by atoms with Gasteiger partial charge in [-0.2, -0.15) is 0 Å². The summed E-state index contributed by atoms with van der Waals surface area (Å²) in [5.41, 5.74) is 5.36. The molecule has 0 aromatic rings. The molecule has 0 saturated carbocycles. The van der Waals surface area contributed by atoms with Crippen molar-refractivity contribution in [2.75, 3.05) is 0 Å². The summed E-state index contributed by atoms with van der Waals surface area (Å²) in [7, 11) is 0. The van der Waals surface area contributed by atoms with Crippen molar-refractivity contribution in [3.05, 3.63) is 35.5 Å². The highest BCUT2D eigenvalue weighted by Crippen LogP contribution is 2.33. The van der Waals surface area contributed by atoms with Gasteiger partial charge in [0.2, 0.25) is 0 Å². The van der Waals surface area contributed by atoms with Crippen LogP contribution in [0.2, 0.25) is 0 Å². The maximum Gasteiger partial charge on any atom is -0.0270 e. The SMILES string of the molecule is C=C(C)C1=C(C(=C)C)CCC1. The van der Waals surface area contributed by atoms with Gasteiger partial charge in [-0.15, -0.1) is 0 Å². The van der Waals surface area contributed by atoms with Gasteiger partial charge in [0.15, 0.2) is 0 Å². The number of hydrogen-bond donors (Lipinski definition) is 0. The largest absolute Gasteiger partial charge is 0.0958 e. The summed E-state index contributed by atoms with van der Waals surface area (Å²) in [6.07, 6.45) is 3.69. The standard InChI is InChI=1S/C11H16/c1-8(2)10-6-5-7-11(10)9(3)4/h1,3,5-7H2,2,4H3. The molecule has 0 heteroatoms. The van der Waals surface area contributed by atoms with Crippen LogP contribution in [0.4, 0.5) is 0 Å². The van der Waals surface area contributed by atoms with E-state index in [4.69, 9.17) is 0 Å². The molecule has 1 rings (SSSR count). The quantitative estimate of drug-likeness (QED) is 0.561. The lowest BCUT2D eigenvalue weighted by Crippen LogP contribution is -1.85. The van der Waals surface area contributed by atoms with Crippen molar-refractivity contribution in [2.24, 2.45) is 0 Å². The Morgan fingerprint density at radius 3 is 1.64 bits per heavy atom. The zero-order valence-corrected chi connectivity index (χ0v) is 7.54. The molecule has 0 N–H and O–H groups in total. The minimum absolute atomic E-state index is 1.21. The van der Waals surface area contributed by atoms with E-state index in [0.29, 0.717) is 0 Å². The van der Waals surface area contributed by atoms with Crippen molar-refractivity contribution in [2.45, 2.75) is 33.1 Å². The Morgan fingerprint density at radius 2 is 1.36 bits per heavy atom. The smallest absolute Gasteiger partial charge is 0.0270 e. The maximum absolute atomic E-state index is 3.97. The van der Waals surface area contributed by atoms with E-state index >= 15 is 0 Å². The average Bonchev–Trinajstić information content (AvgIpc) is 2.32. The fourth-order valence-corrected chi connectivity index (χ4v) is 1.69. The van der Waals surface area contributed by atoms with Crippen molar-refractivity contribution in [1.29, 1.82) is 0 Å². The molecule has 1 aliphatic rings. The van der Waals surface area contributed by atoms with E-state index in [1.54, 1.807) is 0 Å². The van der Waals surface area contributed by atoms with Crippen molar-refractivity contribution in [3.8, 4) is 0 Å². The van der Waals surface area contributed by atoms with E-state index in [0.717, 1.165) is 0 Å². The fourth-order valence-electron chi connectivity index (χ4n) is 1.69. The van der Waals surface area contributed by atoms with Crippen LogP contribution in [0.25, 0.3) is 0 Å². The number of rotatable bonds is 2. The van der Waals surface area contributed by atoms with E-state index in [9.17, 15) is 0 Å². The van der Waals surface area contributed by atoms with Gasteiger partial charge in [-0.3, -0.25) is 0 Å². The molecular formula is C11H16. The van der Waals surface area contributed by atoms with Crippen LogP contribution in [0.3, 0.4) is 0 Å². The van der Waals surface area contributed by atoms with Crippen LogP contribution in [0.1, 0.15) is 33.1 Å². The van der Waals surface area contributed by atoms with Crippen LogP contribution in [0, 0.1) is 0 Å². The Balaban J connectivity index is 2.95. The van der Waals surface area contributed by atoms with Gasteiger partial charge in [-0.1, -0.05) is 24.3 Å². The van der Waals surface area contributed by atoms with E-state index < -0.39 is 0 Å². The molecule has 0 aromatic carbocycles. The Bertz CT molecular complexity index is 204. The third-order valence-corrected chi connectivity index (χ3v) is 2.25. The lowest BCUT2D eigenvalue weighted by molar-refractivity contribution is 0.897. The summed E-state index contributed by atoms with van der Waals surface area (Å²) in [4.78, 5) is 0. The minimum Gasteiger partial charge on any atom is -0.0958 e. The lowest BCUT2D eigenvalue weighted by Gasteiger charge is -2.05. The number of allylic oxidation sites excluding steroid dienone is 4. The minimum atomic E-state index is 1.21. The Labute approximate surface area is 69.3 Å². The van der Waals surface area contributed by atoms with Gasteiger partial charge in [0, 0.05) is 0 Å². The van der Waals surface area contributed by atoms with Crippen LogP contribution in [-0.4, -0.2) is 0 Å². The molecule has 0 heterocycles. The third kappa shape index (κ3) is 1.62. The monoisotopic (exact) mass is 148 g/mol. The molecule has 0 spiro atoms. The molecule has 0 aliphatic heterocycles. The zero-order chi connectivity index (χ0) is 8.43. The van der Waals surface area contributed by atoms with Gasteiger partial charge in [0.25, 0.3) is 0 Å². The predicted octanol–water partition coefficient (Wildman–Crippen LogP) is 3.62. The zero-order valence-electron chi connectivity index (χ0n) is 7.54. The van der Waals surface area contributed by atoms with E-state index in [1.807, 2.05) is 0 Å². The van der Waals surface area contributed by atoms with Crippen molar-refractivity contribution in [3.63, 3.8) is 0 Å². The maximum atomic E-state index is 3.97. The first kappa shape index (κ1) is 8.32. The summed E-state index contributed by atoms with van der Waals surface area (Å²) in [6.45, 7) is 12.1. The Kier molecular flexibility index (Phi) is 2.33. The van der Waals surface area contributed by atoms with Crippen LogP contribution in [0.5, 0.6) is 0 Å². The molecular weight excluding hydrogens is 132 g/mol. The van der Waals surface area contributed by atoms with Gasteiger partial charge in [0.1, 0.15) is 0 Å². The fraction of sp³-hybridized carbons (Fsp3) is 0.455. The molecule has 0 saturated heterocycles. The van der Waals surface area contributed by atoms with Crippen LogP contribution >= 0.6 is 0 Å². The van der Waals surface area contributed by atoms with Crippen LogP contribution in [-0.2, 0) is 0 Å². The predicted molar refractivity (Wildman–Crippen MR) is 50.5 cm³/mol. The van der Waals surface area contributed by atoms with Gasteiger partial charge >= 0.3 is 0 Å². The molecule has 0 radical (unpaired) electrons. The van der Waals surface area contributed by atoms with Crippen LogP contribution < -0.4 is 0 Å². The molecule has 0 fully saturated rings. The summed E-state index contributed by atoms with van der Waals surface area (Å²) in [5, 5.41) is 0.